The zero-order chi connectivity index (χ0) is 13.8. The molecule has 0 nitrogen and oxygen atoms in total. The Labute approximate surface area is 120 Å². The van der Waals surface area contributed by atoms with Crippen molar-refractivity contribution in [2.45, 2.75) is 0 Å². The van der Waals surface area contributed by atoms with E-state index in [1.54, 1.807) is 0 Å². The average Bonchev–Trinajstić information content (AvgIpc) is 2.56. The SMILES string of the molecule is C=Cc1cccc(-c2ccc(-c3ccccc3)cc2)c1. The van der Waals surface area contributed by atoms with Gasteiger partial charge in [0.1, 0.15) is 0 Å². The summed E-state index contributed by atoms with van der Waals surface area (Å²) in [6, 6.07) is 27.5. The van der Waals surface area contributed by atoms with E-state index in [0.29, 0.717) is 0 Å². The fourth-order valence-corrected chi connectivity index (χ4v) is 2.33. The molecule has 0 N–H and O–H groups in total. The zero-order valence-electron chi connectivity index (χ0n) is 11.3. The van der Waals surface area contributed by atoms with Gasteiger partial charge in [0.15, 0.2) is 0 Å². The van der Waals surface area contributed by atoms with Crippen LogP contribution in [-0.4, -0.2) is 0 Å². The molecule has 3 rings (SSSR count). The topological polar surface area (TPSA) is 0 Å². The zero-order valence-corrected chi connectivity index (χ0v) is 11.3. The van der Waals surface area contributed by atoms with Crippen LogP contribution in [-0.2, 0) is 0 Å². The van der Waals surface area contributed by atoms with Gasteiger partial charge in [-0.1, -0.05) is 85.5 Å². The van der Waals surface area contributed by atoms with Crippen molar-refractivity contribution < 1.29 is 0 Å². The molecule has 0 aromatic heterocycles. The van der Waals surface area contributed by atoms with E-state index in [0.717, 1.165) is 5.56 Å². The number of benzene rings is 3. The lowest BCUT2D eigenvalue weighted by Crippen LogP contribution is -1.81. The van der Waals surface area contributed by atoms with Crippen molar-refractivity contribution in [3.05, 3.63) is 91.0 Å². The molecule has 0 spiro atoms. The highest BCUT2D eigenvalue weighted by Crippen LogP contribution is 2.25. The first-order valence-electron chi connectivity index (χ1n) is 6.75. The van der Waals surface area contributed by atoms with Crippen molar-refractivity contribution >= 4 is 6.08 Å². The van der Waals surface area contributed by atoms with Crippen LogP contribution in [0.4, 0.5) is 0 Å². The predicted molar refractivity (Wildman–Crippen MR) is 87.4 cm³/mol. The third kappa shape index (κ3) is 2.55. The molecule has 0 unspecified atom stereocenters. The van der Waals surface area contributed by atoms with Gasteiger partial charge < -0.3 is 0 Å². The summed E-state index contributed by atoms with van der Waals surface area (Å²) < 4.78 is 0. The van der Waals surface area contributed by atoms with E-state index >= 15 is 0 Å². The Balaban J connectivity index is 1.95. The molecule has 0 bridgehead atoms. The van der Waals surface area contributed by atoms with Crippen molar-refractivity contribution in [3.8, 4) is 22.3 Å². The quantitative estimate of drug-likeness (QED) is 0.567. The third-order valence-electron chi connectivity index (χ3n) is 3.45. The molecule has 0 atom stereocenters. The molecule has 0 saturated carbocycles. The molecule has 0 amide bonds. The fraction of sp³-hybridized carbons (Fsp3) is 0. The molecule has 0 radical (unpaired) electrons. The summed E-state index contributed by atoms with van der Waals surface area (Å²) in [5.41, 5.74) is 6.10. The summed E-state index contributed by atoms with van der Waals surface area (Å²) in [5.74, 6) is 0. The summed E-state index contributed by atoms with van der Waals surface area (Å²) >= 11 is 0. The second-order valence-electron chi connectivity index (χ2n) is 4.77. The minimum absolute atomic E-state index is 1.15. The van der Waals surface area contributed by atoms with Gasteiger partial charge in [-0.05, 0) is 33.9 Å². The van der Waals surface area contributed by atoms with E-state index in [2.05, 4.69) is 79.4 Å². The lowest BCUT2D eigenvalue weighted by atomic mass is 9.99. The molecule has 0 heteroatoms. The lowest BCUT2D eigenvalue weighted by Gasteiger charge is -2.06. The second kappa shape index (κ2) is 5.58. The molecule has 20 heavy (non-hydrogen) atoms. The van der Waals surface area contributed by atoms with E-state index in [1.807, 2.05) is 12.1 Å². The number of hydrogen-bond acceptors (Lipinski definition) is 0. The molecule has 0 saturated heterocycles. The van der Waals surface area contributed by atoms with Gasteiger partial charge in [0.25, 0.3) is 0 Å². The molecule has 0 aliphatic rings. The van der Waals surface area contributed by atoms with Gasteiger partial charge in [-0.3, -0.25) is 0 Å². The first-order valence-corrected chi connectivity index (χ1v) is 6.75. The van der Waals surface area contributed by atoms with Gasteiger partial charge in [0, 0.05) is 0 Å². The highest BCUT2D eigenvalue weighted by Gasteiger charge is 2.00. The Morgan fingerprint density at radius 2 is 1.10 bits per heavy atom. The summed E-state index contributed by atoms with van der Waals surface area (Å²) in [5, 5.41) is 0. The summed E-state index contributed by atoms with van der Waals surface area (Å²) in [7, 11) is 0. The summed E-state index contributed by atoms with van der Waals surface area (Å²) in [6.07, 6.45) is 1.88. The summed E-state index contributed by atoms with van der Waals surface area (Å²) in [6.45, 7) is 3.82. The van der Waals surface area contributed by atoms with Gasteiger partial charge in [-0.15, -0.1) is 0 Å². The number of rotatable bonds is 3. The summed E-state index contributed by atoms with van der Waals surface area (Å²) in [4.78, 5) is 0. The maximum atomic E-state index is 3.82. The smallest absolute Gasteiger partial charge is 0.0178 e. The van der Waals surface area contributed by atoms with E-state index in [4.69, 9.17) is 0 Å². The van der Waals surface area contributed by atoms with Gasteiger partial charge in [0.05, 0.1) is 0 Å². The minimum atomic E-state index is 1.15. The monoisotopic (exact) mass is 256 g/mol. The maximum Gasteiger partial charge on any atom is -0.0178 e. The van der Waals surface area contributed by atoms with Crippen molar-refractivity contribution in [3.63, 3.8) is 0 Å². The van der Waals surface area contributed by atoms with E-state index in [9.17, 15) is 0 Å². The Bertz CT molecular complexity index is 707. The Morgan fingerprint density at radius 1 is 0.550 bits per heavy atom. The van der Waals surface area contributed by atoms with Crippen LogP contribution in [0.5, 0.6) is 0 Å². The standard InChI is InChI=1S/C20H16/c1-2-16-7-6-10-20(15-16)19-13-11-18(12-14-19)17-8-4-3-5-9-17/h2-15H,1H2. The maximum absolute atomic E-state index is 3.82. The predicted octanol–water partition coefficient (Wildman–Crippen LogP) is 5.66. The average molecular weight is 256 g/mol. The second-order valence-corrected chi connectivity index (χ2v) is 4.77. The Kier molecular flexibility index (Phi) is 3.47. The molecule has 0 heterocycles. The van der Waals surface area contributed by atoms with Gasteiger partial charge in [-0.25, -0.2) is 0 Å². The van der Waals surface area contributed by atoms with Crippen LogP contribution in [0.1, 0.15) is 5.56 Å². The van der Waals surface area contributed by atoms with Crippen molar-refractivity contribution in [2.24, 2.45) is 0 Å². The van der Waals surface area contributed by atoms with E-state index in [1.165, 1.54) is 22.3 Å². The van der Waals surface area contributed by atoms with Crippen LogP contribution in [0.2, 0.25) is 0 Å². The molecule has 96 valence electrons. The van der Waals surface area contributed by atoms with Crippen LogP contribution in [0, 0.1) is 0 Å². The molecule has 0 aliphatic carbocycles. The lowest BCUT2D eigenvalue weighted by molar-refractivity contribution is 1.58. The van der Waals surface area contributed by atoms with Gasteiger partial charge in [0.2, 0.25) is 0 Å². The minimum Gasteiger partial charge on any atom is -0.0985 e. The van der Waals surface area contributed by atoms with Crippen LogP contribution < -0.4 is 0 Å². The van der Waals surface area contributed by atoms with Gasteiger partial charge >= 0.3 is 0 Å². The van der Waals surface area contributed by atoms with Gasteiger partial charge in [-0.2, -0.15) is 0 Å². The van der Waals surface area contributed by atoms with Crippen LogP contribution >= 0.6 is 0 Å². The Hall–Kier alpha value is -2.60. The largest absolute Gasteiger partial charge is 0.0985 e. The van der Waals surface area contributed by atoms with E-state index in [-0.39, 0.29) is 0 Å². The molecule has 0 aliphatic heterocycles. The normalized spacial score (nSPS) is 10.2. The number of hydrogen-bond donors (Lipinski definition) is 0. The molecule has 0 fully saturated rings. The third-order valence-corrected chi connectivity index (χ3v) is 3.45. The molecular weight excluding hydrogens is 240 g/mol. The first kappa shape index (κ1) is 12.4. The van der Waals surface area contributed by atoms with Crippen molar-refractivity contribution in [2.75, 3.05) is 0 Å². The van der Waals surface area contributed by atoms with Crippen molar-refractivity contribution in [1.29, 1.82) is 0 Å². The first-order chi connectivity index (χ1) is 9.86. The molecular formula is C20H16. The Morgan fingerprint density at radius 3 is 1.75 bits per heavy atom. The van der Waals surface area contributed by atoms with Crippen LogP contribution in [0.15, 0.2) is 85.4 Å². The molecule has 3 aromatic rings. The highest BCUT2D eigenvalue weighted by atomic mass is 14.0. The van der Waals surface area contributed by atoms with Crippen LogP contribution in [0.25, 0.3) is 28.3 Å². The van der Waals surface area contributed by atoms with E-state index < -0.39 is 0 Å². The highest BCUT2D eigenvalue weighted by molar-refractivity contribution is 5.71. The van der Waals surface area contributed by atoms with Crippen LogP contribution in [0.3, 0.4) is 0 Å². The fourth-order valence-electron chi connectivity index (χ4n) is 2.33. The molecule has 3 aromatic carbocycles. The van der Waals surface area contributed by atoms with Crippen molar-refractivity contribution in [1.82, 2.24) is 0 Å².